The molecule has 4 N–H and O–H groups in total. The molecule has 0 radical (unpaired) electrons. The number of nitrogens with two attached hydrogens (primary N) is 1. The fourth-order valence-electron chi connectivity index (χ4n) is 1.32. The summed E-state index contributed by atoms with van der Waals surface area (Å²) in [4.78, 5) is 14.5. The van der Waals surface area contributed by atoms with E-state index in [1.165, 1.54) is 0 Å². The van der Waals surface area contributed by atoms with E-state index in [4.69, 9.17) is 10.8 Å². The molecule has 0 spiro atoms. The van der Waals surface area contributed by atoms with Gasteiger partial charge in [0.1, 0.15) is 5.82 Å². The van der Waals surface area contributed by atoms with Crippen LogP contribution in [-0.2, 0) is 0 Å². The van der Waals surface area contributed by atoms with Crippen LogP contribution in [0.1, 0.15) is 0 Å². The average Bonchev–Trinajstić information content (AvgIpc) is 2.17. The van der Waals surface area contributed by atoms with Crippen LogP contribution in [0.3, 0.4) is 0 Å². The van der Waals surface area contributed by atoms with Crippen molar-refractivity contribution in [2.45, 2.75) is 0 Å². The van der Waals surface area contributed by atoms with Crippen LogP contribution in [0.25, 0.3) is 10.9 Å². The third-order valence-corrected chi connectivity index (χ3v) is 1.95. The van der Waals surface area contributed by atoms with Gasteiger partial charge in [-0.15, -0.1) is 0 Å². The monoisotopic (exact) mass is 203 g/mol. The molecule has 2 aromatic rings. The number of carbonyl (C=O) groups is 1. The summed E-state index contributed by atoms with van der Waals surface area (Å²) >= 11 is 0. The van der Waals surface area contributed by atoms with E-state index >= 15 is 0 Å². The Bertz CT molecular complexity index is 525. The molecule has 1 aromatic heterocycles. The minimum absolute atomic E-state index is 0.305. The Morgan fingerprint density at radius 2 is 2.13 bits per heavy atom. The largest absolute Gasteiger partial charge is 0.465 e. The van der Waals surface area contributed by atoms with Gasteiger partial charge in [-0.2, -0.15) is 0 Å². The quantitative estimate of drug-likeness (QED) is 0.617. The number of nitrogens with one attached hydrogen (secondary N) is 1. The lowest BCUT2D eigenvalue weighted by atomic mass is 10.2. The highest BCUT2D eigenvalue weighted by Gasteiger charge is 2.01. The molecular formula is C10H9N3O2. The van der Waals surface area contributed by atoms with Crippen molar-refractivity contribution in [1.29, 1.82) is 0 Å². The number of amides is 1. The van der Waals surface area contributed by atoms with E-state index in [9.17, 15) is 4.79 Å². The molecule has 0 aliphatic heterocycles. The van der Waals surface area contributed by atoms with Gasteiger partial charge in [0.05, 0.1) is 5.52 Å². The lowest BCUT2D eigenvalue weighted by Crippen LogP contribution is -2.08. The third kappa shape index (κ3) is 1.96. The van der Waals surface area contributed by atoms with Gasteiger partial charge < -0.3 is 10.8 Å². The molecule has 2 rings (SSSR count). The molecule has 0 aliphatic rings. The van der Waals surface area contributed by atoms with E-state index in [2.05, 4.69) is 10.3 Å². The van der Waals surface area contributed by atoms with Crippen molar-refractivity contribution in [2.75, 3.05) is 11.1 Å². The molecule has 1 heterocycles. The molecule has 1 amide bonds. The summed E-state index contributed by atoms with van der Waals surface area (Å²) in [6.45, 7) is 0. The highest BCUT2D eigenvalue weighted by molar-refractivity contribution is 5.87. The lowest BCUT2D eigenvalue weighted by molar-refractivity contribution is 0.209. The summed E-state index contributed by atoms with van der Waals surface area (Å²) in [5, 5.41) is 11.6. The number of benzene rings is 1. The maximum atomic E-state index is 10.4. The number of nitrogen functional groups attached to an aromatic ring is 1. The first kappa shape index (κ1) is 9.26. The van der Waals surface area contributed by atoms with Crippen LogP contribution < -0.4 is 11.1 Å². The number of pyridine rings is 1. The van der Waals surface area contributed by atoms with E-state index in [0.29, 0.717) is 17.0 Å². The molecule has 0 bridgehead atoms. The molecule has 5 heteroatoms. The zero-order valence-electron chi connectivity index (χ0n) is 7.77. The van der Waals surface area contributed by atoms with Crippen LogP contribution in [0.2, 0.25) is 0 Å². The Labute approximate surface area is 85.5 Å². The zero-order chi connectivity index (χ0) is 10.8. The van der Waals surface area contributed by atoms with Crippen molar-refractivity contribution < 1.29 is 9.90 Å². The molecule has 0 atom stereocenters. The van der Waals surface area contributed by atoms with Crippen LogP contribution in [0.5, 0.6) is 0 Å². The molecule has 76 valence electrons. The summed E-state index contributed by atoms with van der Waals surface area (Å²) < 4.78 is 0. The van der Waals surface area contributed by atoms with Crippen LogP contribution in [0.15, 0.2) is 30.3 Å². The molecule has 0 saturated heterocycles. The zero-order valence-corrected chi connectivity index (χ0v) is 7.77. The molecule has 1 aromatic carbocycles. The fraction of sp³-hybridized carbons (Fsp3) is 0. The Kier molecular flexibility index (Phi) is 2.13. The molecule has 0 saturated carbocycles. The number of carboxylic acid groups (broad SMARTS) is 1. The predicted octanol–water partition coefficient (Wildman–Crippen LogP) is 1.91. The number of anilines is 2. The second-order valence-electron chi connectivity index (χ2n) is 3.08. The lowest BCUT2D eigenvalue weighted by Gasteiger charge is -2.02. The number of aromatic nitrogens is 1. The van der Waals surface area contributed by atoms with Gasteiger partial charge in [-0.1, -0.05) is 0 Å². The summed E-state index contributed by atoms with van der Waals surface area (Å²) in [6, 6.07) is 8.62. The third-order valence-electron chi connectivity index (χ3n) is 1.95. The standard InChI is InChI=1S/C10H9N3O2/c11-7-2-3-8-6(5-7)1-4-9(12-8)13-10(14)15/h1-5H,11H2,(H,12,13)(H,14,15). The Balaban J connectivity index is 2.47. The van der Waals surface area contributed by atoms with E-state index in [0.717, 1.165) is 5.39 Å². The van der Waals surface area contributed by atoms with Gasteiger partial charge in [0.2, 0.25) is 0 Å². The summed E-state index contributed by atoms with van der Waals surface area (Å²) in [6.07, 6.45) is -1.13. The molecule has 0 fully saturated rings. The van der Waals surface area contributed by atoms with Gasteiger partial charge in [0, 0.05) is 11.1 Å². The average molecular weight is 203 g/mol. The second kappa shape index (κ2) is 3.45. The first-order valence-electron chi connectivity index (χ1n) is 4.31. The first-order chi connectivity index (χ1) is 7.15. The Morgan fingerprint density at radius 3 is 2.87 bits per heavy atom. The van der Waals surface area contributed by atoms with Crippen molar-refractivity contribution in [1.82, 2.24) is 4.98 Å². The van der Waals surface area contributed by atoms with E-state index in [1.54, 1.807) is 30.3 Å². The van der Waals surface area contributed by atoms with Gasteiger partial charge in [-0.3, -0.25) is 5.32 Å². The van der Waals surface area contributed by atoms with Gasteiger partial charge in [-0.25, -0.2) is 9.78 Å². The summed E-state index contributed by atoms with van der Waals surface area (Å²) in [7, 11) is 0. The van der Waals surface area contributed by atoms with E-state index < -0.39 is 6.09 Å². The van der Waals surface area contributed by atoms with Crippen molar-refractivity contribution in [3.05, 3.63) is 30.3 Å². The molecular weight excluding hydrogens is 194 g/mol. The van der Waals surface area contributed by atoms with Gasteiger partial charge >= 0.3 is 6.09 Å². The SMILES string of the molecule is Nc1ccc2nc(NC(=O)O)ccc2c1. The van der Waals surface area contributed by atoms with Gasteiger partial charge in [0.15, 0.2) is 0 Å². The van der Waals surface area contributed by atoms with E-state index in [-0.39, 0.29) is 0 Å². The topological polar surface area (TPSA) is 88.2 Å². The normalized spacial score (nSPS) is 10.1. The maximum Gasteiger partial charge on any atom is 0.410 e. The minimum atomic E-state index is -1.13. The maximum absolute atomic E-state index is 10.4. The van der Waals surface area contributed by atoms with Crippen molar-refractivity contribution in [3.63, 3.8) is 0 Å². The Morgan fingerprint density at radius 1 is 1.33 bits per heavy atom. The number of fused-ring (bicyclic) bond motifs is 1. The molecule has 5 nitrogen and oxygen atoms in total. The predicted molar refractivity (Wildman–Crippen MR) is 57.8 cm³/mol. The first-order valence-corrected chi connectivity index (χ1v) is 4.31. The molecule has 0 aliphatic carbocycles. The number of hydrogen-bond donors (Lipinski definition) is 3. The van der Waals surface area contributed by atoms with Crippen molar-refractivity contribution in [3.8, 4) is 0 Å². The van der Waals surface area contributed by atoms with Gasteiger partial charge in [0.25, 0.3) is 0 Å². The number of hydrogen-bond acceptors (Lipinski definition) is 3. The molecule has 0 unspecified atom stereocenters. The van der Waals surface area contributed by atoms with Gasteiger partial charge in [-0.05, 0) is 30.3 Å². The van der Waals surface area contributed by atoms with Crippen LogP contribution in [-0.4, -0.2) is 16.2 Å². The van der Waals surface area contributed by atoms with Crippen LogP contribution >= 0.6 is 0 Å². The summed E-state index contributed by atoms with van der Waals surface area (Å²) in [5.74, 6) is 0.305. The van der Waals surface area contributed by atoms with Crippen LogP contribution in [0, 0.1) is 0 Å². The summed E-state index contributed by atoms with van der Waals surface area (Å²) in [5.41, 5.74) is 6.97. The highest BCUT2D eigenvalue weighted by Crippen LogP contribution is 2.17. The Hall–Kier alpha value is -2.30. The smallest absolute Gasteiger partial charge is 0.410 e. The van der Waals surface area contributed by atoms with Crippen LogP contribution in [0.4, 0.5) is 16.3 Å². The van der Waals surface area contributed by atoms with E-state index in [1.807, 2.05) is 0 Å². The molecule has 15 heavy (non-hydrogen) atoms. The van der Waals surface area contributed by atoms with Crippen molar-refractivity contribution in [2.24, 2.45) is 0 Å². The fourth-order valence-corrected chi connectivity index (χ4v) is 1.32. The number of nitrogens with zero attached hydrogens (tertiary/aromatic N) is 1. The highest BCUT2D eigenvalue weighted by atomic mass is 16.4. The minimum Gasteiger partial charge on any atom is -0.465 e. The van der Waals surface area contributed by atoms with Crippen molar-refractivity contribution >= 4 is 28.5 Å². The number of rotatable bonds is 1. The second-order valence-corrected chi connectivity index (χ2v) is 3.08.